The Balaban J connectivity index is 4.75. The molecule has 0 aliphatic heterocycles. The Morgan fingerprint density at radius 2 is 1.44 bits per heavy atom. The van der Waals surface area contributed by atoms with Crippen LogP contribution in [0.3, 0.4) is 0 Å². The zero-order valence-electron chi connectivity index (χ0n) is 8.65. The minimum absolute atomic E-state index is 1.32. The standard InChI is InChI=1S/C8H8O10/c9-3(10)1-8(17,7(15)16)2-4(11)18-6(14)5(12)13/h17H,1-2H2,(H,9,10)(H,12,13)(H,15,16). The van der Waals surface area contributed by atoms with Crippen LogP contribution in [0.4, 0.5) is 0 Å². The number of carboxylic acids is 3. The van der Waals surface area contributed by atoms with E-state index < -0.39 is 48.3 Å². The number of carbonyl (C=O) groups excluding carboxylic acids is 2. The molecular formula is C8H8O10. The summed E-state index contributed by atoms with van der Waals surface area (Å²) in [4.78, 5) is 52.3. The van der Waals surface area contributed by atoms with Crippen LogP contribution in [-0.4, -0.2) is 55.9 Å². The zero-order valence-corrected chi connectivity index (χ0v) is 8.65. The van der Waals surface area contributed by atoms with Gasteiger partial charge in [-0.3, -0.25) is 9.59 Å². The summed E-state index contributed by atoms with van der Waals surface area (Å²) in [5, 5.41) is 34.3. The lowest BCUT2D eigenvalue weighted by atomic mass is 9.96. The number of aliphatic hydroxyl groups is 1. The Bertz CT molecular complexity index is 410. The highest BCUT2D eigenvalue weighted by Crippen LogP contribution is 2.17. The van der Waals surface area contributed by atoms with Crippen LogP contribution in [0.25, 0.3) is 0 Å². The van der Waals surface area contributed by atoms with E-state index >= 15 is 0 Å². The van der Waals surface area contributed by atoms with Gasteiger partial charge in [0.05, 0.1) is 12.8 Å². The van der Waals surface area contributed by atoms with Gasteiger partial charge in [0.15, 0.2) is 5.60 Å². The van der Waals surface area contributed by atoms with E-state index in [-0.39, 0.29) is 0 Å². The molecule has 0 bridgehead atoms. The Hall–Kier alpha value is -2.49. The van der Waals surface area contributed by atoms with Crippen molar-refractivity contribution in [3.8, 4) is 0 Å². The van der Waals surface area contributed by atoms with Crippen LogP contribution >= 0.6 is 0 Å². The molecule has 0 fully saturated rings. The highest BCUT2D eigenvalue weighted by molar-refractivity contribution is 6.30. The first-order valence-electron chi connectivity index (χ1n) is 4.24. The first-order chi connectivity index (χ1) is 8.08. The summed E-state index contributed by atoms with van der Waals surface area (Å²) >= 11 is 0. The van der Waals surface area contributed by atoms with Crippen molar-refractivity contribution in [2.24, 2.45) is 0 Å². The van der Waals surface area contributed by atoms with Crippen molar-refractivity contribution in [3.05, 3.63) is 0 Å². The molecule has 10 nitrogen and oxygen atoms in total. The van der Waals surface area contributed by atoms with Gasteiger partial charge in [-0.15, -0.1) is 0 Å². The number of esters is 2. The van der Waals surface area contributed by atoms with Crippen LogP contribution in [-0.2, 0) is 28.7 Å². The summed E-state index contributed by atoms with van der Waals surface area (Å²) in [6.45, 7) is 0. The highest BCUT2D eigenvalue weighted by Gasteiger charge is 2.42. The molecule has 0 aliphatic carbocycles. The van der Waals surface area contributed by atoms with E-state index in [2.05, 4.69) is 4.74 Å². The lowest BCUT2D eigenvalue weighted by Gasteiger charge is -2.19. The van der Waals surface area contributed by atoms with E-state index in [1.54, 1.807) is 0 Å². The topological polar surface area (TPSA) is 175 Å². The number of aliphatic carboxylic acids is 3. The molecule has 0 saturated heterocycles. The van der Waals surface area contributed by atoms with Crippen LogP contribution in [0.1, 0.15) is 12.8 Å². The molecule has 4 N–H and O–H groups in total. The summed E-state index contributed by atoms with van der Waals surface area (Å²) in [5.41, 5.74) is -2.98. The molecule has 0 radical (unpaired) electrons. The quantitative estimate of drug-likeness (QED) is 0.242. The number of ether oxygens (including phenoxy) is 1. The third-order valence-electron chi connectivity index (χ3n) is 1.66. The van der Waals surface area contributed by atoms with Crippen LogP contribution in [0, 0.1) is 0 Å². The lowest BCUT2D eigenvalue weighted by Crippen LogP contribution is -2.43. The van der Waals surface area contributed by atoms with E-state index in [0.29, 0.717) is 0 Å². The van der Waals surface area contributed by atoms with Crippen LogP contribution < -0.4 is 0 Å². The number of hydrogen-bond donors (Lipinski definition) is 4. The average molecular weight is 264 g/mol. The molecule has 0 aromatic rings. The Labute approximate surface area is 98.4 Å². The smallest absolute Gasteiger partial charge is 0.424 e. The third kappa shape index (κ3) is 4.57. The van der Waals surface area contributed by atoms with Crippen LogP contribution in [0.5, 0.6) is 0 Å². The van der Waals surface area contributed by atoms with Crippen LogP contribution in [0.15, 0.2) is 0 Å². The van der Waals surface area contributed by atoms with Gasteiger partial charge in [-0.25, -0.2) is 14.4 Å². The molecule has 0 spiro atoms. The predicted molar refractivity (Wildman–Crippen MR) is 48.2 cm³/mol. The normalized spacial score (nSPS) is 13.2. The molecule has 0 heterocycles. The van der Waals surface area contributed by atoms with Crippen molar-refractivity contribution in [2.45, 2.75) is 18.4 Å². The SMILES string of the molecule is O=C(O)CC(O)(CC(=O)OC(=O)C(=O)O)C(=O)O. The molecular weight excluding hydrogens is 256 g/mol. The maximum Gasteiger partial charge on any atom is 0.424 e. The highest BCUT2D eigenvalue weighted by atomic mass is 16.6. The molecule has 10 heteroatoms. The van der Waals surface area contributed by atoms with Gasteiger partial charge in [0.25, 0.3) is 0 Å². The van der Waals surface area contributed by atoms with Gasteiger partial charge in [0.2, 0.25) is 0 Å². The van der Waals surface area contributed by atoms with E-state index in [1.807, 2.05) is 0 Å². The monoisotopic (exact) mass is 264 g/mol. The van der Waals surface area contributed by atoms with Crippen molar-refractivity contribution in [3.63, 3.8) is 0 Å². The number of carbonyl (C=O) groups is 5. The van der Waals surface area contributed by atoms with Crippen LogP contribution in [0.2, 0.25) is 0 Å². The lowest BCUT2D eigenvalue weighted by molar-refractivity contribution is -0.178. The maximum absolute atomic E-state index is 10.9. The van der Waals surface area contributed by atoms with E-state index in [0.717, 1.165) is 0 Å². The first kappa shape index (κ1) is 15.5. The van der Waals surface area contributed by atoms with Gasteiger partial charge < -0.3 is 25.2 Å². The van der Waals surface area contributed by atoms with Crippen molar-refractivity contribution < 1.29 is 49.1 Å². The number of carboxylic acid groups (broad SMARTS) is 3. The van der Waals surface area contributed by atoms with Crippen molar-refractivity contribution in [1.82, 2.24) is 0 Å². The fourth-order valence-corrected chi connectivity index (χ4v) is 0.886. The largest absolute Gasteiger partial charge is 0.481 e. The molecule has 0 aliphatic rings. The van der Waals surface area contributed by atoms with Gasteiger partial charge >= 0.3 is 29.8 Å². The number of hydrogen-bond acceptors (Lipinski definition) is 7. The van der Waals surface area contributed by atoms with Gasteiger partial charge in [0, 0.05) is 0 Å². The van der Waals surface area contributed by atoms with Gasteiger partial charge in [-0.05, 0) is 0 Å². The van der Waals surface area contributed by atoms with Crippen molar-refractivity contribution in [1.29, 1.82) is 0 Å². The summed E-state index contributed by atoms with van der Waals surface area (Å²) in [6.07, 6.45) is -2.70. The summed E-state index contributed by atoms with van der Waals surface area (Å²) in [5.74, 6) is -9.47. The predicted octanol–water partition coefficient (Wildman–Crippen LogP) is -2.18. The zero-order chi connectivity index (χ0) is 14.5. The molecule has 0 saturated carbocycles. The summed E-state index contributed by atoms with van der Waals surface area (Å²) < 4.78 is 3.65. The fourth-order valence-electron chi connectivity index (χ4n) is 0.886. The second-order valence-corrected chi connectivity index (χ2v) is 3.15. The number of rotatable bonds is 5. The molecule has 100 valence electrons. The maximum atomic E-state index is 10.9. The van der Waals surface area contributed by atoms with Crippen molar-refractivity contribution in [2.75, 3.05) is 0 Å². The molecule has 0 aromatic heterocycles. The Kier molecular flexibility index (Phi) is 4.93. The van der Waals surface area contributed by atoms with Gasteiger partial charge in [0.1, 0.15) is 0 Å². The molecule has 0 amide bonds. The molecule has 18 heavy (non-hydrogen) atoms. The van der Waals surface area contributed by atoms with E-state index in [9.17, 15) is 29.1 Å². The van der Waals surface area contributed by atoms with E-state index in [4.69, 9.17) is 15.3 Å². The average Bonchev–Trinajstić information content (AvgIpc) is 2.14. The molecule has 1 atom stereocenters. The third-order valence-corrected chi connectivity index (χ3v) is 1.66. The second kappa shape index (κ2) is 5.72. The molecule has 0 aromatic carbocycles. The summed E-state index contributed by atoms with van der Waals surface area (Å²) in [6, 6.07) is 0. The summed E-state index contributed by atoms with van der Waals surface area (Å²) in [7, 11) is 0. The molecule has 1 unspecified atom stereocenters. The Morgan fingerprint density at radius 1 is 0.944 bits per heavy atom. The van der Waals surface area contributed by atoms with Crippen molar-refractivity contribution >= 4 is 29.8 Å². The first-order valence-corrected chi connectivity index (χ1v) is 4.24. The second-order valence-electron chi connectivity index (χ2n) is 3.15. The van der Waals surface area contributed by atoms with Gasteiger partial charge in [-0.1, -0.05) is 0 Å². The van der Waals surface area contributed by atoms with Gasteiger partial charge in [-0.2, -0.15) is 0 Å². The minimum atomic E-state index is -2.98. The minimum Gasteiger partial charge on any atom is -0.481 e. The fraction of sp³-hybridized carbons (Fsp3) is 0.375. The van der Waals surface area contributed by atoms with E-state index in [1.165, 1.54) is 0 Å². The molecule has 0 rings (SSSR count). The Morgan fingerprint density at radius 3 is 1.78 bits per heavy atom.